The molecular weight excluding hydrogens is 354 g/mol. The van der Waals surface area contributed by atoms with Gasteiger partial charge in [-0.2, -0.15) is 0 Å². The van der Waals surface area contributed by atoms with Crippen molar-refractivity contribution in [1.82, 2.24) is 14.8 Å². The molecule has 1 fully saturated rings. The highest BCUT2D eigenvalue weighted by molar-refractivity contribution is 5.92. The summed E-state index contributed by atoms with van der Waals surface area (Å²) in [7, 11) is 0. The van der Waals surface area contributed by atoms with Gasteiger partial charge in [0.1, 0.15) is 11.4 Å². The lowest BCUT2D eigenvalue weighted by molar-refractivity contribution is -0.139. The lowest BCUT2D eigenvalue weighted by atomic mass is 10.0. The van der Waals surface area contributed by atoms with Crippen LogP contribution < -0.4 is 4.74 Å². The van der Waals surface area contributed by atoms with Gasteiger partial charge in [-0.05, 0) is 42.7 Å². The van der Waals surface area contributed by atoms with Crippen LogP contribution in [0.2, 0.25) is 0 Å². The molecule has 1 aliphatic heterocycles. The minimum Gasteiger partial charge on any atom is -0.481 e. The van der Waals surface area contributed by atoms with E-state index in [4.69, 9.17) is 4.74 Å². The molecule has 2 amide bonds. The zero-order valence-corrected chi connectivity index (χ0v) is 16.7. The Morgan fingerprint density at radius 3 is 2.14 bits per heavy atom. The molecule has 1 unspecified atom stereocenters. The SMILES string of the molecule is CC(Oc1ccc(C(C)C)cc1)C(=O)N1CCN(C(=O)c2ccccn2)CC1. The number of hydrogen-bond donors (Lipinski definition) is 0. The van der Waals surface area contributed by atoms with Crippen molar-refractivity contribution in [1.29, 1.82) is 0 Å². The predicted molar refractivity (Wildman–Crippen MR) is 107 cm³/mol. The van der Waals surface area contributed by atoms with Gasteiger partial charge in [0, 0.05) is 32.4 Å². The van der Waals surface area contributed by atoms with Crippen molar-refractivity contribution >= 4 is 11.8 Å². The van der Waals surface area contributed by atoms with E-state index in [9.17, 15) is 9.59 Å². The Morgan fingerprint density at radius 2 is 1.57 bits per heavy atom. The largest absolute Gasteiger partial charge is 0.481 e. The second-order valence-electron chi connectivity index (χ2n) is 7.32. The smallest absolute Gasteiger partial charge is 0.272 e. The third kappa shape index (κ3) is 4.68. The fourth-order valence-corrected chi connectivity index (χ4v) is 3.22. The molecule has 0 spiro atoms. The van der Waals surface area contributed by atoms with Crippen LogP contribution in [0.25, 0.3) is 0 Å². The Kier molecular flexibility index (Phi) is 6.29. The van der Waals surface area contributed by atoms with Crippen molar-refractivity contribution in [3.8, 4) is 5.75 Å². The molecule has 1 atom stereocenters. The molecule has 0 bridgehead atoms. The summed E-state index contributed by atoms with van der Waals surface area (Å²) in [5.74, 6) is 0.993. The summed E-state index contributed by atoms with van der Waals surface area (Å²) >= 11 is 0. The van der Waals surface area contributed by atoms with Crippen molar-refractivity contribution < 1.29 is 14.3 Å². The van der Waals surface area contributed by atoms with E-state index >= 15 is 0 Å². The lowest BCUT2D eigenvalue weighted by Crippen LogP contribution is -2.53. The van der Waals surface area contributed by atoms with Gasteiger partial charge in [-0.25, -0.2) is 0 Å². The number of carbonyl (C=O) groups excluding carboxylic acids is 2. The summed E-state index contributed by atoms with van der Waals surface area (Å²) in [6.07, 6.45) is 1.04. The number of nitrogens with zero attached hydrogens (tertiary/aromatic N) is 3. The molecule has 6 nitrogen and oxygen atoms in total. The van der Waals surface area contributed by atoms with E-state index in [0.717, 1.165) is 0 Å². The Balaban J connectivity index is 1.52. The molecule has 1 aliphatic rings. The zero-order chi connectivity index (χ0) is 20.1. The number of hydrogen-bond acceptors (Lipinski definition) is 4. The number of carbonyl (C=O) groups is 2. The molecule has 148 valence electrons. The number of aromatic nitrogens is 1. The molecule has 3 rings (SSSR count). The van der Waals surface area contributed by atoms with Crippen LogP contribution in [0.4, 0.5) is 0 Å². The average molecular weight is 381 g/mol. The third-order valence-electron chi connectivity index (χ3n) is 4.97. The first-order chi connectivity index (χ1) is 13.5. The molecule has 1 saturated heterocycles. The number of rotatable bonds is 5. The maximum Gasteiger partial charge on any atom is 0.272 e. The molecule has 28 heavy (non-hydrogen) atoms. The number of benzene rings is 1. The van der Waals surface area contributed by atoms with E-state index in [1.165, 1.54) is 5.56 Å². The van der Waals surface area contributed by atoms with Crippen molar-refractivity contribution in [3.63, 3.8) is 0 Å². The summed E-state index contributed by atoms with van der Waals surface area (Å²) < 4.78 is 5.83. The summed E-state index contributed by atoms with van der Waals surface area (Å²) in [6.45, 7) is 8.04. The standard InChI is InChI=1S/C22H27N3O3/c1-16(2)18-7-9-19(10-8-18)28-17(3)21(26)24-12-14-25(15-13-24)22(27)20-6-4-5-11-23-20/h4-11,16-17H,12-15H2,1-3H3. The monoisotopic (exact) mass is 381 g/mol. The second-order valence-corrected chi connectivity index (χ2v) is 7.32. The topological polar surface area (TPSA) is 62.7 Å². The van der Waals surface area contributed by atoms with Gasteiger partial charge in [-0.15, -0.1) is 0 Å². The van der Waals surface area contributed by atoms with Crippen LogP contribution in [-0.4, -0.2) is 58.9 Å². The minimum atomic E-state index is -0.567. The van der Waals surface area contributed by atoms with E-state index in [1.807, 2.05) is 24.3 Å². The Labute approximate surface area is 166 Å². The van der Waals surface area contributed by atoms with Gasteiger partial charge >= 0.3 is 0 Å². The van der Waals surface area contributed by atoms with E-state index in [1.54, 1.807) is 41.1 Å². The Bertz CT molecular complexity index is 798. The van der Waals surface area contributed by atoms with E-state index in [2.05, 4.69) is 18.8 Å². The van der Waals surface area contributed by atoms with Crippen LogP contribution in [0.5, 0.6) is 5.75 Å². The fraction of sp³-hybridized carbons (Fsp3) is 0.409. The normalized spacial score (nSPS) is 15.4. The quantitative estimate of drug-likeness (QED) is 0.799. The van der Waals surface area contributed by atoms with Gasteiger partial charge < -0.3 is 14.5 Å². The van der Waals surface area contributed by atoms with Crippen molar-refractivity contribution in [2.75, 3.05) is 26.2 Å². The van der Waals surface area contributed by atoms with Crippen molar-refractivity contribution in [3.05, 3.63) is 59.9 Å². The summed E-state index contributed by atoms with van der Waals surface area (Å²) in [4.78, 5) is 32.8. The van der Waals surface area contributed by atoms with Gasteiger partial charge in [0.15, 0.2) is 6.10 Å². The first-order valence-corrected chi connectivity index (χ1v) is 9.71. The zero-order valence-electron chi connectivity index (χ0n) is 16.7. The van der Waals surface area contributed by atoms with Crippen molar-refractivity contribution in [2.24, 2.45) is 0 Å². The van der Waals surface area contributed by atoms with Crippen LogP contribution in [0.3, 0.4) is 0 Å². The van der Waals surface area contributed by atoms with Gasteiger partial charge in [-0.3, -0.25) is 14.6 Å². The van der Waals surface area contributed by atoms with Gasteiger partial charge in [0.25, 0.3) is 11.8 Å². The number of piperazine rings is 1. The van der Waals surface area contributed by atoms with Gasteiger partial charge in [0.2, 0.25) is 0 Å². The van der Waals surface area contributed by atoms with Gasteiger partial charge in [0.05, 0.1) is 0 Å². The van der Waals surface area contributed by atoms with Crippen LogP contribution in [0.1, 0.15) is 42.7 Å². The van der Waals surface area contributed by atoms with Crippen LogP contribution in [-0.2, 0) is 4.79 Å². The maximum absolute atomic E-state index is 12.7. The highest BCUT2D eigenvalue weighted by Crippen LogP contribution is 2.20. The molecule has 0 aliphatic carbocycles. The molecular formula is C22H27N3O3. The van der Waals surface area contributed by atoms with Crippen LogP contribution >= 0.6 is 0 Å². The number of amides is 2. The number of pyridine rings is 1. The Morgan fingerprint density at radius 1 is 0.929 bits per heavy atom. The Hall–Kier alpha value is -2.89. The molecule has 1 aromatic carbocycles. The fourth-order valence-electron chi connectivity index (χ4n) is 3.22. The molecule has 2 aromatic rings. The molecule has 6 heteroatoms. The third-order valence-corrected chi connectivity index (χ3v) is 4.97. The second kappa shape index (κ2) is 8.87. The molecule has 0 saturated carbocycles. The highest BCUT2D eigenvalue weighted by atomic mass is 16.5. The van der Waals surface area contributed by atoms with E-state index < -0.39 is 6.10 Å². The molecule has 0 N–H and O–H groups in total. The predicted octanol–water partition coefficient (Wildman–Crippen LogP) is 2.96. The van der Waals surface area contributed by atoms with Crippen LogP contribution in [0, 0.1) is 0 Å². The molecule has 0 radical (unpaired) electrons. The van der Waals surface area contributed by atoms with Gasteiger partial charge in [-0.1, -0.05) is 32.0 Å². The van der Waals surface area contributed by atoms with E-state index in [-0.39, 0.29) is 11.8 Å². The first-order valence-electron chi connectivity index (χ1n) is 9.71. The van der Waals surface area contributed by atoms with E-state index in [0.29, 0.717) is 43.5 Å². The van der Waals surface area contributed by atoms with Crippen LogP contribution in [0.15, 0.2) is 48.7 Å². The summed E-state index contributed by atoms with van der Waals surface area (Å²) in [6, 6.07) is 13.2. The summed E-state index contributed by atoms with van der Waals surface area (Å²) in [5, 5.41) is 0. The highest BCUT2D eigenvalue weighted by Gasteiger charge is 2.28. The summed E-state index contributed by atoms with van der Waals surface area (Å²) in [5.41, 5.74) is 1.67. The minimum absolute atomic E-state index is 0.0575. The molecule has 2 heterocycles. The molecule has 1 aromatic heterocycles. The lowest BCUT2D eigenvalue weighted by Gasteiger charge is -2.35. The number of ether oxygens (including phenoxy) is 1. The average Bonchev–Trinajstić information content (AvgIpc) is 2.73. The first kappa shape index (κ1) is 19.9. The maximum atomic E-state index is 12.7. The van der Waals surface area contributed by atoms with Crippen molar-refractivity contribution in [2.45, 2.75) is 32.8 Å².